The molecule has 0 aromatic heterocycles. The Balaban J connectivity index is 0.00000288. The van der Waals surface area contributed by atoms with Crippen molar-refractivity contribution >= 4 is 24.0 Å². The van der Waals surface area contributed by atoms with Gasteiger partial charge in [0, 0.05) is 12.1 Å². The van der Waals surface area contributed by atoms with Gasteiger partial charge in [0.05, 0.1) is 0 Å². The van der Waals surface area contributed by atoms with E-state index >= 15 is 0 Å². The van der Waals surface area contributed by atoms with Crippen LogP contribution in [-0.4, -0.2) is 24.6 Å². The van der Waals surface area contributed by atoms with Crippen LogP contribution in [0.1, 0.15) is 47.0 Å². The van der Waals surface area contributed by atoms with Gasteiger partial charge in [0.15, 0.2) is 0 Å². The van der Waals surface area contributed by atoms with Crippen LogP contribution in [0.5, 0.6) is 5.75 Å². The van der Waals surface area contributed by atoms with Crippen molar-refractivity contribution in [3.05, 3.63) is 24.3 Å². The third-order valence-electron chi connectivity index (χ3n) is 4.26. The Bertz CT molecular complexity index is 505. The van der Waals surface area contributed by atoms with Crippen molar-refractivity contribution in [2.45, 2.75) is 52.6 Å². The molecule has 0 saturated carbocycles. The minimum absolute atomic E-state index is 0. The third kappa shape index (κ3) is 7.10. The quantitative estimate of drug-likeness (QED) is 0.831. The molecular weight excluding hydrogens is 324 g/mol. The Morgan fingerprint density at radius 3 is 2.38 bits per heavy atom. The van der Waals surface area contributed by atoms with Gasteiger partial charge in [-0.1, -0.05) is 6.92 Å². The number of ether oxygens (including phenoxy) is 1. The number of benzene rings is 1. The molecule has 4 nitrogen and oxygen atoms in total. The molecule has 136 valence electrons. The Morgan fingerprint density at radius 2 is 1.83 bits per heavy atom. The number of carbonyl (C=O) groups is 1. The number of hydrogen-bond acceptors (Lipinski definition) is 3. The second-order valence-corrected chi connectivity index (χ2v) is 7.56. The summed E-state index contributed by atoms with van der Waals surface area (Å²) in [7, 11) is 0. The average Bonchev–Trinajstić information content (AvgIpc) is 2.48. The largest absolute Gasteiger partial charge is 0.488 e. The van der Waals surface area contributed by atoms with Crippen LogP contribution in [0.15, 0.2) is 24.3 Å². The van der Waals surface area contributed by atoms with E-state index in [1.54, 1.807) is 0 Å². The summed E-state index contributed by atoms with van der Waals surface area (Å²) in [5.74, 6) is 2.00. The van der Waals surface area contributed by atoms with E-state index in [-0.39, 0.29) is 23.9 Å². The first-order chi connectivity index (χ1) is 10.8. The molecule has 5 heteroatoms. The van der Waals surface area contributed by atoms with E-state index in [1.165, 1.54) is 12.8 Å². The fourth-order valence-electron chi connectivity index (χ4n) is 3.04. The highest BCUT2D eigenvalue weighted by Gasteiger charge is 2.22. The van der Waals surface area contributed by atoms with E-state index in [1.807, 2.05) is 45.0 Å². The molecule has 24 heavy (non-hydrogen) atoms. The molecule has 0 spiro atoms. The number of halogens is 1. The number of nitrogens with one attached hydrogen (secondary N) is 2. The minimum Gasteiger partial charge on any atom is -0.488 e. The normalized spacial score (nSPS) is 16.8. The molecule has 0 radical (unpaired) electrons. The Labute approximate surface area is 152 Å². The van der Waals surface area contributed by atoms with E-state index in [0.29, 0.717) is 18.3 Å². The lowest BCUT2D eigenvalue weighted by atomic mass is 9.84. The molecule has 0 bridgehead atoms. The van der Waals surface area contributed by atoms with Gasteiger partial charge in [-0.05, 0) is 82.8 Å². The van der Waals surface area contributed by atoms with Crippen LogP contribution in [0.4, 0.5) is 5.69 Å². The van der Waals surface area contributed by atoms with Gasteiger partial charge in [0.25, 0.3) is 0 Å². The van der Waals surface area contributed by atoms with Crippen LogP contribution >= 0.6 is 12.4 Å². The van der Waals surface area contributed by atoms with Crippen LogP contribution in [-0.2, 0) is 4.79 Å². The van der Waals surface area contributed by atoms with Crippen LogP contribution in [0.2, 0.25) is 0 Å². The Morgan fingerprint density at radius 1 is 1.25 bits per heavy atom. The van der Waals surface area contributed by atoms with E-state index in [4.69, 9.17) is 4.74 Å². The number of amides is 1. The van der Waals surface area contributed by atoms with Crippen molar-refractivity contribution in [3.63, 3.8) is 0 Å². The SMILES string of the molecule is CC(CC(=O)Nc1ccc(OC(C)(C)C)cc1)C1CCNCC1.Cl. The number of carbonyl (C=O) groups excluding carboxylic acids is 1. The third-order valence-corrected chi connectivity index (χ3v) is 4.26. The van der Waals surface area contributed by atoms with Crippen LogP contribution < -0.4 is 15.4 Å². The first-order valence-electron chi connectivity index (χ1n) is 8.63. The fraction of sp³-hybridized carbons (Fsp3) is 0.632. The van der Waals surface area contributed by atoms with Gasteiger partial charge in [-0.3, -0.25) is 4.79 Å². The molecule has 0 aliphatic carbocycles. The summed E-state index contributed by atoms with van der Waals surface area (Å²) >= 11 is 0. The van der Waals surface area contributed by atoms with E-state index < -0.39 is 0 Å². The number of rotatable bonds is 5. The first-order valence-corrected chi connectivity index (χ1v) is 8.63. The summed E-state index contributed by atoms with van der Waals surface area (Å²) in [5, 5.41) is 6.36. The molecule has 1 saturated heterocycles. The van der Waals surface area contributed by atoms with Crippen LogP contribution in [0.25, 0.3) is 0 Å². The van der Waals surface area contributed by atoms with Gasteiger partial charge in [0.1, 0.15) is 11.4 Å². The molecule has 1 fully saturated rings. The number of hydrogen-bond donors (Lipinski definition) is 2. The molecule has 1 aliphatic heterocycles. The van der Waals surface area contributed by atoms with Crippen molar-refractivity contribution in [2.75, 3.05) is 18.4 Å². The highest BCUT2D eigenvalue weighted by molar-refractivity contribution is 5.90. The standard InChI is InChI=1S/C19H30N2O2.ClH/c1-14(15-9-11-20-12-10-15)13-18(22)21-16-5-7-17(8-6-16)23-19(2,3)4;/h5-8,14-15,20H,9-13H2,1-4H3,(H,21,22);1H. The lowest BCUT2D eigenvalue weighted by Crippen LogP contribution is -2.32. The van der Waals surface area contributed by atoms with Crippen LogP contribution in [0.3, 0.4) is 0 Å². The van der Waals surface area contributed by atoms with Crippen LogP contribution in [0, 0.1) is 11.8 Å². The fourth-order valence-corrected chi connectivity index (χ4v) is 3.04. The Kier molecular flexibility index (Phi) is 8.04. The highest BCUT2D eigenvalue weighted by Crippen LogP contribution is 2.25. The van der Waals surface area contributed by atoms with Gasteiger partial charge >= 0.3 is 0 Å². The van der Waals surface area contributed by atoms with Gasteiger partial charge < -0.3 is 15.4 Å². The van der Waals surface area contributed by atoms with Gasteiger partial charge in [0.2, 0.25) is 5.91 Å². The molecule has 1 aromatic carbocycles. The monoisotopic (exact) mass is 354 g/mol. The molecule has 2 rings (SSSR count). The lowest BCUT2D eigenvalue weighted by Gasteiger charge is -2.27. The summed E-state index contributed by atoms with van der Waals surface area (Å²) in [6.45, 7) is 10.4. The zero-order valence-corrected chi connectivity index (χ0v) is 16.0. The summed E-state index contributed by atoms with van der Waals surface area (Å²) in [5.41, 5.74) is 0.614. The van der Waals surface area contributed by atoms with Crippen molar-refractivity contribution in [3.8, 4) is 5.75 Å². The maximum absolute atomic E-state index is 12.2. The van der Waals surface area contributed by atoms with E-state index in [0.717, 1.165) is 24.5 Å². The lowest BCUT2D eigenvalue weighted by molar-refractivity contribution is -0.117. The summed E-state index contributed by atoms with van der Waals surface area (Å²) in [4.78, 5) is 12.2. The molecule has 1 unspecified atom stereocenters. The summed E-state index contributed by atoms with van der Waals surface area (Å²) in [6.07, 6.45) is 2.94. The molecule has 1 heterocycles. The van der Waals surface area contributed by atoms with Crippen molar-refractivity contribution in [2.24, 2.45) is 11.8 Å². The number of piperidine rings is 1. The molecule has 1 amide bonds. The Hall–Kier alpha value is -1.26. The maximum atomic E-state index is 12.2. The zero-order chi connectivity index (χ0) is 16.9. The zero-order valence-electron chi connectivity index (χ0n) is 15.2. The second-order valence-electron chi connectivity index (χ2n) is 7.56. The summed E-state index contributed by atoms with van der Waals surface area (Å²) < 4.78 is 5.79. The molecule has 2 N–H and O–H groups in total. The van der Waals surface area contributed by atoms with Crippen molar-refractivity contribution in [1.82, 2.24) is 5.32 Å². The highest BCUT2D eigenvalue weighted by atomic mass is 35.5. The van der Waals surface area contributed by atoms with Gasteiger partial charge in [-0.15, -0.1) is 12.4 Å². The first kappa shape index (κ1) is 20.8. The maximum Gasteiger partial charge on any atom is 0.224 e. The smallest absolute Gasteiger partial charge is 0.224 e. The summed E-state index contributed by atoms with van der Waals surface area (Å²) in [6, 6.07) is 7.59. The van der Waals surface area contributed by atoms with Crippen molar-refractivity contribution in [1.29, 1.82) is 0 Å². The molecule has 1 atom stereocenters. The van der Waals surface area contributed by atoms with E-state index in [2.05, 4.69) is 17.6 Å². The second kappa shape index (κ2) is 9.28. The molecular formula is C19H31ClN2O2. The predicted molar refractivity (Wildman–Crippen MR) is 102 cm³/mol. The molecule has 1 aromatic rings. The molecule has 1 aliphatic rings. The predicted octanol–water partition coefficient (Wildman–Crippen LogP) is 4.25. The van der Waals surface area contributed by atoms with Gasteiger partial charge in [-0.25, -0.2) is 0 Å². The topological polar surface area (TPSA) is 50.4 Å². The van der Waals surface area contributed by atoms with E-state index in [9.17, 15) is 4.79 Å². The average molecular weight is 355 g/mol. The van der Waals surface area contributed by atoms with Crippen molar-refractivity contribution < 1.29 is 9.53 Å². The van der Waals surface area contributed by atoms with Gasteiger partial charge in [-0.2, -0.15) is 0 Å². The minimum atomic E-state index is -0.213. The number of anilines is 1.